The van der Waals surface area contributed by atoms with Crippen molar-refractivity contribution in [3.63, 3.8) is 0 Å². The van der Waals surface area contributed by atoms with Gasteiger partial charge in [-0.15, -0.1) is 0 Å². The van der Waals surface area contributed by atoms with Crippen LogP contribution in [0.1, 0.15) is 46.0 Å². The fourth-order valence-corrected chi connectivity index (χ4v) is 4.22. The standard InChI is InChI=1S/C18H26N2O5/c1-18(2)8-12(22)7-15(25-18)17(24)20-14(9-21)16(23)19-13-6-10-3-4-11(13)5-10/h7,10-11,13-14,21H,3-6,8-9H2,1-2H3,(H,19,23)(H,20,24). The zero-order valence-electron chi connectivity index (χ0n) is 14.7. The molecule has 0 saturated heterocycles. The molecule has 0 aromatic heterocycles. The molecule has 7 heteroatoms. The number of aliphatic hydroxyl groups is 1. The number of rotatable bonds is 5. The maximum Gasteiger partial charge on any atom is 0.287 e. The van der Waals surface area contributed by atoms with Gasteiger partial charge in [0.2, 0.25) is 5.91 Å². The lowest BCUT2D eigenvalue weighted by Crippen LogP contribution is -2.53. The molecule has 4 unspecified atom stereocenters. The van der Waals surface area contributed by atoms with Gasteiger partial charge in [0.25, 0.3) is 5.91 Å². The highest BCUT2D eigenvalue weighted by Gasteiger charge is 2.41. The highest BCUT2D eigenvalue weighted by atomic mass is 16.5. The summed E-state index contributed by atoms with van der Waals surface area (Å²) in [4.78, 5) is 36.4. The molecule has 2 aliphatic carbocycles. The minimum Gasteiger partial charge on any atom is -0.482 e. The zero-order chi connectivity index (χ0) is 18.2. The largest absolute Gasteiger partial charge is 0.482 e. The Morgan fingerprint density at radius 1 is 1.36 bits per heavy atom. The lowest BCUT2D eigenvalue weighted by Gasteiger charge is -2.30. The second-order valence-electron chi connectivity index (χ2n) is 8.01. The Hall–Kier alpha value is -1.89. The van der Waals surface area contributed by atoms with Crippen LogP contribution in [0.5, 0.6) is 0 Å². The normalized spacial score (nSPS) is 31.1. The lowest BCUT2D eigenvalue weighted by atomic mass is 9.95. The topological polar surface area (TPSA) is 105 Å². The molecule has 1 aliphatic heterocycles. The number of hydrogen-bond donors (Lipinski definition) is 3. The van der Waals surface area contributed by atoms with Gasteiger partial charge in [-0.1, -0.05) is 6.42 Å². The number of fused-ring (bicyclic) bond motifs is 2. The Kier molecular flexibility index (Phi) is 4.86. The van der Waals surface area contributed by atoms with E-state index in [0.717, 1.165) is 25.3 Å². The van der Waals surface area contributed by atoms with Gasteiger partial charge in [0, 0.05) is 18.5 Å². The first-order chi connectivity index (χ1) is 11.8. The minimum absolute atomic E-state index is 0.118. The van der Waals surface area contributed by atoms with E-state index in [1.54, 1.807) is 13.8 Å². The predicted molar refractivity (Wildman–Crippen MR) is 89.3 cm³/mol. The summed E-state index contributed by atoms with van der Waals surface area (Å²) in [5.41, 5.74) is -0.765. The van der Waals surface area contributed by atoms with E-state index in [1.165, 1.54) is 6.42 Å². The van der Waals surface area contributed by atoms with E-state index >= 15 is 0 Å². The van der Waals surface area contributed by atoms with Crippen molar-refractivity contribution in [1.82, 2.24) is 10.6 Å². The average molecular weight is 350 g/mol. The minimum atomic E-state index is -1.06. The number of carbonyl (C=O) groups is 3. The third kappa shape index (κ3) is 4.03. The van der Waals surface area contributed by atoms with Crippen LogP contribution in [0.2, 0.25) is 0 Å². The molecular formula is C18H26N2O5. The maximum absolute atomic E-state index is 12.4. The van der Waals surface area contributed by atoms with Crippen molar-refractivity contribution >= 4 is 17.6 Å². The number of ketones is 1. The van der Waals surface area contributed by atoms with Crippen LogP contribution < -0.4 is 10.6 Å². The Morgan fingerprint density at radius 2 is 2.12 bits per heavy atom. The van der Waals surface area contributed by atoms with Crippen molar-refractivity contribution in [2.75, 3.05) is 6.61 Å². The quantitative estimate of drug-likeness (QED) is 0.667. The number of allylic oxidation sites excluding steroid dienone is 1. The Balaban J connectivity index is 1.58. The molecule has 2 fully saturated rings. The van der Waals surface area contributed by atoms with Crippen LogP contribution in [0.15, 0.2) is 11.8 Å². The first kappa shape index (κ1) is 17.9. The molecule has 0 radical (unpaired) electrons. The van der Waals surface area contributed by atoms with Gasteiger partial charge in [-0.3, -0.25) is 14.4 Å². The van der Waals surface area contributed by atoms with Crippen LogP contribution in [-0.4, -0.2) is 47.0 Å². The van der Waals surface area contributed by atoms with Gasteiger partial charge < -0.3 is 20.5 Å². The summed E-state index contributed by atoms with van der Waals surface area (Å²) in [5.74, 6) is -0.183. The van der Waals surface area contributed by atoms with Crippen LogP contribution in [0.4, 0.5) is 0 Å². The average Bonchev–Trinajstić information content (AvgIpc) is 3.12. The van der Waals surface area contributed by atoms with E-state index in [1.807, 2.05) is 0 Å². The van der Waals surface area contributed by atoms with E-state index in [-0.39, 0.29) is 24.0 Å². The third-order valence-corrected chi connectivity index (χ3v) is 5.37. The Labute approximate surface area is 147 Å². The first-order valence-electron chi connectivity index (χ1n) is 8.93. The molecule has 7 nitrogen and oxygen atoms in total. The maximum atomic E-state index is 12.4. The highest BCUT2D eigenvalue weighted by molar-refractivity contribution is 6.03. The van der Waals surface area contributed by atoms with Gasteiger partial charge in [0.05, 0.1) is 6.61 Å². The van der Waals surface area contributed by atoms with Crippen molar-refractivity contribution in [3.8, 4) is 0 Å². The molecule has 1 heterocycles. The van der Waals surface area contributed by atoms with Crippen molar-refractivity contribution in [1.29, 1.82) is 0 Å². The monoisotopic (exact) mass is 350 g/mol. The lowest BCUT2D eigenvalue weighted by molar-refractivity contribution is -0.134. The third-order valence-electron chi connectivity index (χ3n) is 5.37. The predicted octanol–water partition coefficient (Wildman–Crippen LogP) is 0.420. The molecule has 0 spiro atoms. The molecule has 3 aliphatic rings. The van der Waals surface area contributed by atoms with Crippen LogP contribution in [0.25, 0.3) is 0 Å². The summed E-state index contributed by atoms with van der Waals surface area (Å²) in [5, 5.41) is 14.9. The van der Waals surface area contributed by atoms with Crippen LogP contribution >= 0.6 is 0 Å². The van der Waals surface area contributed by atoms with Gasteiger partial charge in [-0.05, 0) is 44.9 Å². The van der Waals surface area contributed by atoms with Gasteiger partial charge in [0.1, 0.15) is 11.6 Å². The van der Waals surface area contributed by atoms with E-state index in [9.17, 15) is 19.5 Å². The van der Waals surface area contributed by atoms with Gasteiger partial charge >= 0.3 is 0 Å². The molecular weight excluding hydrogens is 324 g/mol. The molecule has 2 saturated carbocycles. The Morgan fingerprint density at radius 3 is 2.68 bits per heavy atom. The van der Waals surface area contributed by atoms with Crippen molar-refractivity contribution in [2.45, 2.75) is 63.6 Å². The smallest absolute Gasteiger partial charge is 0.287 e. The first-order valence-corrected chi connectivity index (χ1v) is 8.93. The fraction of sp³-hybridized carbons (Fsp3) is 0.722. The summed E-state index contributed by atoms with van der Waals surface area (Å²) >= 11 is 0. The van der Waals surface area contributed by atoms with Crippen LogP contribution in [0.3, 0.4) is 0 Å². The molecule has 0 aromatic carbocycles. The van der Waals surface area contributed by atoms with Gasteiger partial charge in [0.15, 0.2) is 11.5 Å². The number of amides is 2. The zero-order valence-corrected chi connectivity index (χ0v) is 14.7. The number of aliphatic hydroxyl groups excluding tert-OH is 1. The summed E-state index contributed by atoms with van der Waals surface area (Å²) in [6, 6.07) is -0.931. The number of nitrogens with one attached hydrogen (secondary N) is 2. The van der Waals surface area contributed by atoms with Crippen molar-refractivity contribution in [3.05, 3.63) is 11.8 Å². The molecule has 0 aromatic rings. The van der Waals surface area contributed by atoms with E-state index in [0.29, 0.717) is 11.8 Å². The van der Waals surface area contributed by atoms with Gasteiger partial charge in [-0.2, -0.15) is 0 Å². The SMILES string of the molecule is CC1(C)CC(=O)C=C(C(=O)NC(CO)C(=O)NC2CC3CCC2C3)O1. The summed E-state index contributed by atoms with van der Waals surface area (Å²) in [6.45, 7) is 2.93. The van der Waals surface area contributed by atoms with Gasteiger partial charge in [-0.25, -0.2) is 0 Å². The summed E-state index contributed by atoms with van der Waals surface area (Å²) in [7, 11) is 0. The number of carbonyl (C=O) groups excluding carboxylic acids is 3. The number of ether oxygens (including phenoxy) is 1. The molecule has 3 rings (SSSR count). The molecule has 138 valence electrons. The van der Waals surface area contributed by atoms with E-state index in [4.69, 9.17) is 4.74 Å². The van der Waals surface area contributed by atoms with Crippen molar-refractivity contribution in [2.24, 2.45) is 11.8 Å². The highest BCUT2D eigenvalue weighted by Crippen LogP contribution is 2.44. The second-order valence-corrected chi connectivity index (χ2v) is 8.01. The fourth-order valence-electron chi connectivity index (χ4n) is 4.22. The summed E-state index contributed by atoms with van der Waals surface area (Å²) in [6.07, 6.45) is 5.81. The molecule has 4 atom stereocenters. The van der Waals surface area contributed by atoms with Crippen LogP contribution in [0, 0.1) is 11.8 Å². The van der Waals surface area contributed by atoms with Crippen LogP contribution in [-0.2, 0) is 19.1 Å². The molecule has 2 amide bonds. The second kappa shape index (κ2) is 6.78. The molecule has 3 N–H and O–H groups in total. The molecule has 25 heavy (non-hydrogen) atoms. The number of hydrogen-bond acceptors (Lipinski definition) is 5. The van der Waals surface area contributed by atoms with E-state index < -0.39 is 30.1 Å². The van der Waals surface area contributed by atoms with Crippen molar-refractivity contribution < 1.29 is 24.2 Å². The van der Waals surface area contributed by atoms with E-state index in [2.05, 4.69) is 10.6 Å². The summed E-state index contributed by atoms with van der Waals surface area (Å²) < 4.78 is 5.52. The Bertz CT molecular complexity index is 613. The molecule has 2 bridgehead atoms.